The van der Waals surface area contributed by atoms with Crippen molar-refractivity contribution >= 4 is 24.0 Å². The van der Waals surface area contributed by atoms with Crippen LogP contribution in [0.25, 0.3) is 6.08 Å². The molecule has 0 amide bonds. The molecular formula is C30H28O7. The zero-order chi connectivity index (χ0) is 26.3. The van der Waals surface area contributed by atoms with Gasteiger partial charge in [-0.3, -0.25) is 0 Å². The molecule has 0 heterocycles. The number of hydrogen-bond donors (Lipinski definition) is 0. The fourth-order valence-corrected chi connectivity index (χ4v) is 3.11. The Hall–Kier alpha value is -4.65. The van der Waals surface area contributed by atoms with Crippen molar-refractivity contribution in [1.82, 2.24) is 0 Å². The Morgan fingerprint density at radius 2 is 1.30 bits per heavy atom. The molecule has 0 bridgehead atoms. The molecule has 0 saturated carbocycles. The van der Waals surface area contributed by atoms with Crippen LogP contribution >= 0.6 is 0 Å². The van der Waals surface area contributed by atoms with Crippen LogP contribution in [0.1, 0.15) is 35.2 Å². The minimum absolute atomic E-state index is 0.323. The molecule has 3 rings (SSSR count). The van der Waals surface area contributed by atoms with Crippen LogP contribution in [-0.2, 0) is 14.3 Å². The van der Waals surface area contributed by atoms with E-state index >= 15 is 0 Å². The Balaban J connectivity index is 1.38. The van der Waals surface area contributed by atoms with Crippen LogP contribution in [-0.4, -0.2) is 31.1 Å². The molecule has 0 fully saturated rings. The van der Waals surface area contributed by atoms with Gasteiger partial charge in [0, 0.05) is 12.2 Å². The summed E-state index contributed by atoms with van der Waals surface area (Å²) >= 11 is 0. The average molecular weight is 501 g/mol. The van der Waals surface area contributed by atoms with Crippen molar-refractivity contribution < 1.29 is 33.3 Å². The molecule has 0 saturated heterocycles. The molecule has 0 radical (unpaired) electrons. The quantitative estimate of drug-likeness (QED) is 0.127. The first-order valence-electron chi connectivity index (χ1n) is 11.8. The first kappa shape index (κ1) is 26.9. The van der Waals surface area contributed by atoms with E-state index in [2.05, 4.69) is 6.58 Å². The van der Waals surface area contributed by atoms with E-state index in [-0.39, 0.29) is 0 Å². The molecule has 0 aromatic heterocycles. The number of ether oxygens (including phenoxy) is 4. The highest BCUT2D eigenvalue weighted by molar-refractivity contribution is 5.91. The number of carbonyl (C=O) groups excluding carboxylic acids is 3. The predicted molar refractivity (Wildman–Crippen MR) is 139 cm³/mol. The summed E-state index contributed by atoms with van der Waals surface area (Å²) in [4.78, 5) is 35.4. The average Bonchev–Trinajstić information content (AvgIpc) is 2.93. The van der Waals surface area contributed by atoms with Crippen LogP contribution in [0.15, 0.2) is 97.6 Å². The smallest absolute Gasteiger partial charge is 0.343 e. The van der Waals surface area contributed by atoms with E-state index in [1.54, 1.807) is 54.6 Å². The monoisotopic (exact) mass is 500 g/mol. The van der Waals surface area contributed by atoms with Crippen LogP contribution in [0.2, 0.25) is 0 Å². The second kappa shape index (κ2) is 14.7. The number of rotatable bonds is 13. The zero-order valence-corrected chi connectivity index (χ0v) is 20.3. The largest absolute Gasteiger partial charge is 0.494 e. The summed E-state index contributed by atoms with van der Waals surface area (Å²) in [7, 11) is 0. The molecule has 0 aliphatic heterocycles. The van der Waals surface area contributed by atoms with Crippen LogP contribution in [0, 0.1) is 0 Å². The minimum Gasteiger partial charge on any atom is -0.494 e. The highest BCUT2D eigenvalue weighted by Gasteiger charge is 2.10. The van der Waals surface area contributed by atoms with Crippen LogP contribution in [0.3, 0.4) is 0 Å². The van der Waals surface area contributed by atoms with Gasteiger partial charge < -0.3 is 18.9 Å². The van der Waals surface area contributed by atoms with Gasteiger partial charge in [0.05, 0.1) is 18.8 Å². The van der Waals surface area contributed by atoms with Crippen molar-refractivity contribution in [2.75, 3.05) is 13.2 Å². The third-order valence-electron chi connectivity index (χ3n) is 5.02. The van der Waals surface area contributed by atoms with Gasteiger partial charge in [-0.05, 0) is 79.4 Å². The van der Waals surface area contributed by atoms with E-state index in [0.717, 1.165) is 30.9 Å². The maximum absolute atomic E-state index is 12.4. The van der Waals surface area contributed by atoms with E-state index in [9.17, 15) is 14.4 Å². The molecule has 0 aliphatic carbocycles. The first-order chi connectivity index (χ1) is 18.0. The van der Waals surface area contributed by atoms with Gasteiger partial charge in [0.25, 0.3) is 0 Å². The third-order valence-corrected chi connectivity index (χ3v) is 5.02. The van der Waals surface area contributed by atoms with Gasteiger partial charge in [0.1, 0.15) is 17.2 Å². The Morgan fingerprint density at radius 1 is 0.676 bits per heavy atom. The molecule has 0 aliphatic rings. The first-order valence-corrected chi connectivity index (χ1v) is 11.8. The van der Waals surface area contributed by atoms with Gasteiger partial charge in [0.15, 0.2) is 0 Å². The van der Waals surface area contributed by atoms with Crippen molar-refractivity contribution in [3.05, 3.63) is 109 Å². The fourth-order valence-electron chi connectivity index (χ4n) is 3.11. The predicted octanol–water partition coefficient (Wildman–Crippen LogP) is 5.80. The van der Waals surface area contributed by atoms with E-state index in [4.69, 9.17) is 18.9 Å². The maximum Gasteiger partial charge on any atom is 0.343 e. The van der Waals surface area contributed by atoms with Gasteiger partial charge in [-0.2, -0.15) is 0 Å². The molecule has 0 atom stereocenters. The molecular weight excluding hydrogens is 472 g/mol. The topological polar surface area (TPSA) is 88.1 Å². The third kappa shape index (κ3) is 9.85. The van der Waals surface area contributed by atoms with Crippen molar-refractivity contribution in [3.8, 4) is 17.2 Å². The van der Waals surface area contributed by atoms with Gasteiger partial charge >= 0.3 is 17.9 Å². The molecule has 3 aromatic rings. The van der Waals surface area contributed by atoms with E-state index in [0.29, 0.717) is 36.0 Å². The van der Waals surface area contributed by atoms with Crippen molar-refractivity contribution in [2.45, 2.75) is 19.3 Å². The maximum atomic E-state index is 12.4. The molecule has 0 spiro atoms. The normalized spacial score (nSPS) is 10.5. The van der Waals surface area contributed by atoms with Gasteiger partial charge in [-0.25, -0.2) is 14.4 Å². The Bertz CT molecular complexity index is 1200. The number of unbranched alkanes of at least 4 members (excludes halogenated alkanes) is 2. The summed E-state index contributed by atoms with van der Waals surface area (Å²) in [5.41, 5.74) is 1.26. The highest BCUT2D eigenvalue weighted by Crippen LogP contribution is 2.20. The summed E-state index contributed by atoms with van der Waals surface area (Å²) in [5, 5.41) is 0. The zero-order valence-electron chi connectivity index (χ0n) is 20.3. The van der Waals surface area contributed by atoms with E-state index in [1.165, 1.54) is 6.08 Å². The molecule has 3 aromatic carbocycles. The number of carbonyl (C=O) groups is 3. The number of hydrogen-bond acceptors (Lipinski definition) is 7. The molecule has 7 heteroatoms. The van der Waals surface area contributed by atoms with Crippen molar-refractivity contribution in [2.24, 2.45) is 0 Å². The van der Waals surface area contributed by atoms with E-state index < -0.39 is 17.9 Å². The van der Waals surface area contributed by atoms with Gasteiger partial charge in [-0.15, -0.1) is 0 Å². The Kier molecular flexibility index (Phi) is 10.7. The van der Waals surface area contributed by atoms with Gasteiger partial charge in [-0.1, -0.05) is 36.9 Å². The summed E-state index contributed by atoms with van der Waals surface area (Å²) < 4.78 is 21.2. The summed E-state index contributed by atoms with van der Waals surface area (Å²) in [6, 6.07) is 22.3. The summed E-state index contributed by atoms with van der Waals surface area (Å²) in [5.74, 6) is -0.145. The number of esters is 3. The second-order valence-electron chi connectivity index (χ2n) is 7.83. The lowest BCUT2D eigenvalue weighted by atomic mass is 10.2. The van der Waals surface area contributed by atoms with E-state index in [1.807, 2.05) is 30.3 Å². The SMILES string of the molecule is C=CC(=O)OCCCCCOc1ccc(C(=O)Oc2ccc(OC(=O)C=Cc3ccccc3)cc2)cc1. The number of benzene rings is 3. The van der Waals surface area contributed by atoms with Crippen LogP contribution in [0.5, 0.6) is 17.2 Å². The van der Waals surface area contributed by atoms with Crippen molar-refractivity contribution in [1.29, 1.82) is 0 Å². The Morgan fingerprint density at radius 3 is 1.97 bits per heavy atom. The molecule has 190 valence electrons. The lowest BCUT2D eigenvalue weighted by Gasteiger charge is -2.08. The second-order valence-corrected chi connectivity index (χ2v) is 7.83. The molecule has 0 unspecified atom stereocenters. The molecule has 7 nitrogen and oxygen atoms in total. The van der Waals surface area contributed by atoms with Crippen LogP contribution < -0.4 is 14.2 Å². The standard InChI is InChI=1S/C30H28O7/c1-2-28(31)35-22-8-4-7-21-34-25-14-12-24(13-15-25)30(33)37-27-18-16-26(17-19-27)36-29(32)20-11-23-9-5-3-6-10-23/h2-3,5-6,9-20H,1,4,7-8,21-22H2. The lowest BCUT2D eigenvalue weighted by Crippen LogP contribution is -2.09. The summed E-state index contributed by atoms with van der Waals surface area (Å²) in [6.07, 6.45) is 6.58. The minimum atomic E-state index is -0.517. The van der Waals surface area contributed by atoms with Crippen LogP contribution in [0.4, 0.5) is 0 Å². The fraction of sp³-hybridized carbons (Fsp3) is 0.167. The summed E-state index contributed by atoms with van der Waals surface area (Å²) in [6.45, 7) is 4.22. The molecule has 37 heavy (non-hydrogen) atoms. The highest BCUT2D eigenvalue weighted by atomic mass is 16.5. The lowest BCUT2D eigenvalue weighted by molar-refractivity contribution is -0.137. The Labute approximate surface area is 215 Å². The van der Waals surface area contributed by atoms with Crippen molar-refractivity contribution in [3.63, 3.8) is 0 Å². The molecule has 0 N–H and O–H groups in total. The van der Waals surface area contributed by atoms with Gasteiger partial charge in [0.2, 0.25) is 0 Å².